The molecule has 1 aromatic rings. The normalized spacial score (nSPS) is 16.6. The number of nitrogens with zero attached hydrogens (tertiary/aromatic N) is 1. The maximum atomic E-state index is 5.98. The number of piperidine rings is 1. The molecular formula is C17H28N2O. The molecule has 1 N–H and O–H groups in total. The van der Waals surface area contributed by atoms with Crippen LogP contribution in [-0.4, -0.2) is 43.7 Å². The van der Waals surface area contributed by atoms with Gasteiger partial charge in [0.15, 0.2) is 0 Å². The highest BCUT2D eigenvalue weighted by Gasteiger charge is 2.19. The fourth-order valence-electron chi connectivity index (χ4n) is 2.91. The zero-order chi connectivity index (χ0) is 14.4. The van der Waals surface area contributed by atoms with Crippen molar-refractivity contribution in [3.8, 4) is 5.75 Å². The number of hydrogen-bond acceptors (Lipinski definition) is 3. The summed E-state index contributed by atoms with van der Waals surface area (Å²) in [6.07, 6.45) is 2.52. The fourth-order valence-corrected chi connectivity index (χ4v) is 2.91. The molecule has 1 aliphatic rings. The number of nitrogens with one attached hydrogen (secondary N) is 1. The lowest BCUT2D eigenvalue weighted by atomic mass is 10.1. The highest BCUT2D eigenvalue weighted by atomic mass is 16.5. The molecule has 0 spiro atoms. The molecule has 1 aromatic carbocycles. The van der Waals surface area contributed by atoms with Gasteiger partial charge in [-0.15, -0.1) is 0 Å². The zero-order valence-corrected chi connectivity index (χ0v) is 13.1. The number of likely N-dealkylation sites (N-methyl/N-ethyl adjacent to an activating group) is 1. The largest absolute Gasteiger partial charge is 0.492 e. The Morgan fingerprint density at radius 3 is 2.70 bits per heavy atom. The van der Waals surface area contributed by atoms with E-state index in [4.69, 9.17) is 4.74 Å². The molecule has 1 heterocycles. The maximum Gasteiger partial charge on any atom is 0.122 e. The van der Waals surface area contributed by atoms with Gasteiger partial charge in [0.25, 0.3) is 0 Å². The van der Waals surface area contributed by atoms with Gasteiger partial charge in [-0.25, -0.2) is 0 Å². The van der Waals surface area contributed by atoms with Gasteiger partial charge in [0.1, 0.15) is 12.4 Å². The summed E-state index contributed by atoms with van der Waals surface area (Å²) < 4.78 is 5.98. The van der Waals surface area contributed by atoms with Gasteiger partial charge in [-0.2, -0.15) is 0 Å². The minimum absolute atomic E-state index is 0.725. The van der Waals surface area contributed by atoms with E-state index < -0.39 is 0 Å². The third kappa shape index (κ3) is 4.22. The molecule has 0 aromatic heterocycles. The second-order valence-electron chi connectivity index (χ2n) is 5.73. The highest BCUT2D eigenvalue weighted by Crippen LogP contribution is 2.19. The van der Waals surface area contributed by atoms with Gasteiger partial charge in [-0.05, 0) is 63.5 Å². The van der Waals surface area contributed by atoms with Crippen molar-refractivity contribution < 1.29 is 4.74 Å². The molecule has 112 valence electrons. The standard InChI is InChI=1S/C17H28N2O/c1-4-19(16-7-9-18-10-8-16)11-12-20-17-13-14(2)5-6-15(17)3/h5-6,13,16,18H,4,7-12H2,1-3H3. The van der Waals surface area contributed by atoms with Crippen LogP contribution >= 0.6 is 0 Å². The average molecular weight is 276 g/mol. The molecule has 0 saturated carbocycles. The second kappa shape index (κ2) is 7.65. The van der Waals surface area contributed by atoms with E-state index in [2.05, 4.69) is 49.2 Å². The molecule has 0 amide bonds. The van der Waals surface area contributed by atoms with E-state index in [9.17, 15) is 0 Å². The Labute approximate surface area is 123 Å². The van der Waals surface area contributed by atoms with Crippen molar-refractivity contribution in [2.45, 2.75) is 39.7 Å². The first-order valence-electron chi connectivity index (χ1n) is 7.85. The summed E-state index contributed by atoms with van der Waals surface area (Å²) in [5, 5.41) is 3.43. The summed E-state index contributed by atoms with van der Waals surface area (Å²) >= 11 is 0. The van der Waals surface area contributed by atoms with Crippen molar-refractivity contribution in [1.82, 2.24) is 10.2 Å². The molecule has 1 fully saturated rings. The van der Waals surface area contributed by atoms with Crippen LogP contribution in [0.1, 0.15) is 30.9 Å². The Morgan fingerprint density at radius 1 is 1.25 bits per heavy atom. The van der Waals surface area contributed by atoms with Gasteiger partial charge in [-0.1, -0.05) is 19.1 Å². The van der Waals surface area contributed by atoms with Crippen LogP contribution in [0.2, 0.25) is 0 Å². The van der Waals surface area contributed by atoms with Gasteiger partial charge in [-0.3, -0.25) is 4.90 Å². The van der Waals surface area contributed by atoms with E-state index in [0.717, 1.165) is 44.6 Å². The van der Waals surface area contributed by atoms with Crippen LogP contribution < -0.4 is 10.1 Å². The van der Waals surface area contributed by atoms with Crippen LogP contribution in [0.3, 0.4) is 0 Å². The van der Waals surface area contributed by atoms with Gasteiger partial charge in [0.05, 0.1) is 0 Å². The van der Waals surface area contributed by atoms with Crippen LogP contribution in [0.4, 0.5) is 0 Å². The molecule has 2 rings (SSSR count). The summed E-state index contributed by atoms with van der Waals surface area (Å²) in [5.74, 6) is 1.03. The fraction of sp³-hybridized carbons (Fsp3) is 0.647. The predicted octanol–water partition coefficient (Wildman–Crippen LogP) is 2.76. The molecule has 0 atom stereocenters. The highest BCUT2D eigenvalue weighted by molar-refractivity contribution is 5.35. The molecule has 1 saturated heterocycles. The Hall–Kier alpha value is -1.06. The van der Waals surface area contributed by atoms with Gasteiger partial charge >= 0.3 is 0 Å². The number of aryl methyl sites for hydroxylation is 2. The summed E-state index contributed by atoms with van der Waals surface area (Å²) in [4.78, 5) is 2.56. The molecule has 1 aliphatic heterocycles. The van der Waals surface area contributed by atoms with E-state index in [1.807, 2.05) is 0 Å². The van der Waals surface area contributed by atoms with Gasteiger partial charge < -0.3 is 10.1 Å². The number of benzene rings is 1. The van der Waals surface area contributed by atoms with Crippen LogP contribution in [0.25, 0.3) is 0 Å². The number of ether oxygens (including phenoxy) is 1. The average Bonchev–Trinajstić information content (AvgIpc) is 2.48. The first-order chi connectivity index (χ1) is 9.70. The van der Waals surface area contributed by atoms with Crippen LogP contribution in [-0.2, 0) is 0 Å². The first kappa shape index (κ1) is 15.3. The second-order valence-corrected chi connectivity index (χ2v) is 5.73. The van der Waals surface area contributed by atoms with Gasteiger partial charge in [0, 0.05) is 12.6 Å². The third-order valence-corrected chi connectivity index (χ3v) is 4.21. The molecule has 0 unspecified atom stereocenters. The lowest BCUT2D eigenvalue weighted by Gasteiger charge is -2.33. The Balaban J connectivity index is 1.82. The molecular weight excluding hydrogens is 248 g/mol. The minimum Gasteiger partial charge on any atom is -0.492 e. The maximum absolute atomic E-state index is 5.98. The van der Waals surface area contributed by atoms with Crippen molar-refractivity contribution in [1.29, 1.82) is 0 Å². The van der Waals surface area contributed by atoms with Crippen molar-refractivity contribution >= 4 is 0 Å². The van der Waals surface area contributed by atoms with Crippen LogP contribution in [0.15, 0.2) is 18.2 Å². The lowest BCUT2D eigenvalue weighted by molar-refractivity contribution is 0.141. The van der Waals surface area contributed by atoms with Crippen LogP contribution in [0.5, 0.6) is 5.75 Å². The summed E-state index contributed by atoms with van der Waals surface area (Å²) in [5.41, 5.74) is 2.48. The monoisotopic (exact) mass is 276 g/mol. The Morgan fingerprint density at radius 2 is 2.00 bits per heavy atom. The van der Waals surface area contributed by atoms with E-state index in [0.29, 0.717) is 0 Å². The smallest absolute Gasteiger partial charge is 0.122 e. The van der Waals surface area contributed by atoms with Crippen molar-refractivity contribution in [2.75, 3.05) is 32.8 Å². The van der Waals surface area contributed by atoms with Crippen LogP contribution in [0, 0.1) is 13.8 Å². The lowest BCUT2D eigenvalue weighted by Crippen LogP contribution is -2.44. The summed E-state index contributed by atoms with van der Waals surface area (Å²) in [6, 6.07) is 7.13. The molecule has 3 nitrogen and oxygen atoms in total. The SMILES string of the molecule is CCN(CCOc1cc(C)ccc1C)C1CCNCC1. The topological polar surface area (TPSA) is 24.5 Å². The van der Waals surface area contributed by atoms with Crippen molar-refractivity contribution in [2.24, 2.45) is 0 Å². The quantitative estimate of drug-likeness (QED) is 0.864. The number of hydrogen-bond donors (Lipinski definition) is 1. The molecule has 0 aliphatic carbocycles. The Bertz CT molecular complexity index is 413. The van der Waals surface area contributed by atoms with Gasteiger partial charge in [0.2, 0.25) is 0 Å². The van der Waals surface area contributed by atoms with Crippen molar-refractivity contribution in [3.63, 3.8) is 0 Å². The predicted molar refractivity (Wildman–Crippen MR) is 84.5 cm³/mol. The molecule has 0 radical (unpaired) electrons. The van der Waals surface area contributed by atoms with E-state index in [1.54, 1.807) is 0 Å². The first-order valence-corrected chi connectivity index (χ1v) is 7.85. The minimum atomic E-state index is 0.725. The van der Waals surface area contributed by atoms with E-state index in [1.165, 1.54) is 24.0 Å². The molecule has 3 heteroatoms. The summed E-state index contributed by atoms with van der Waals surface area (Å²) in [6.45, 7) is 11.7. The number of rotatable bonds is 6. The van der Waals surface area contributed by atoms with E-state index >= 15 is 0 Å². The molecule has 20 heavy (non-hydrogen) atoms. The van der Waals surface area contributed by atoms with Crippen molar-refractivity contribution in [3.05, 3.63) is 29.3 Å². The molecule has 0 bridgehead atoms. The van der Waals surface area contributed by atoms with E-state index in [-0.39, 0.29) is 0 Å². The summed E-state index contributed by atoms with van der Waals surface area (Å²) in [7, 11) is 0. The third-order valence-electron chi connectivity index (χ3n) is 4.21. The Kier molecular flexibility index (Phi) is 5.86. The zero-order valence-electron chi connectivity index (χ0n) is 13.1.